The molecule has 0 atom stereocenters. The second-order valence-electron chi connectivity index (χ2n) is 7.66. The molecular weight excluding hydrogens is 448 g/mol. The maximum atomic E-state index is 9.50. The topological polar surface area (TPSA) is 108 Å². The summed E-state index contributed by atoms with van der Waals surface area (Å²) in [4.78, 5) is 9.24. The van der Waals surface area contributed by atoms with E-state index in [2.05, 4.69) is 15.4 Å². The number of nitrogens with zero attached hydrogens (tertiary/aromatic N) is 5. The van der Waals surface area contributed by atoms with Crippen LogP contribution >= 0.6 is 0 Å². The summed E-state index contributed by atoms with van der Waals surface area (Å²) in [6.07, 6.45) is 5.38. The van der Waals surface area contributed by atoms with Crippen molar-refractivity contribution >= 4 is 17.2 Å². The van der Waals surface area contributed by atoms with Gasteiger partial charge in [0, 0.05) is 23.9 Å². The fourth-order valence-corrected chi connectivity index (χ4v) is 3.82. The van der Waals surface area contributed by atoms with E-state index in [1.165, 1.54) is 0 Å². The van der Waals surface area contributed by atoms with E-state index in [4.69, 9.17) is 19.2 Å². The summed E-state index contributed by atoms with van der Waals surface area (Å²) in [7, 11) is 4.72. The number of ether oxygens (including phenoxy) is 3. The van der Waals surface area contributed by atoms with Crippen molar-refractivity contribution in [1.82, 2.24) is 24.1 Å². The summed E-state index contributed by atoms with van der Waals surface area (Å²) in [6.45, 7) is -0.0525. The molecule has 0 aliphatic heterocycles. The third-order valence-corrected chi connectivity index (χ3v) is 5.54. The minimum Gasteiger partial charge on any atom is -0.493 e. The van der Waals surface area contributed by atoms with Gasteiger partial charge in [-0.05, 0) is 23.8 Å². The first kappa shape index (κ1) is 22.2. The largest absolute Gasteiger partial charge is 0.493 e. The van der Waals surface area contributed by atoms with Gasteiger partial charge in [-0.25, -0.2) is 14.5 Å². The fourth-order valence-electron chi connectivity index (χ4n) is 3.82. The molecule has 0 aliphatic rings. The van der Waals surface area contributed by atoms with Crippen LogP contribution in [0.4, 0.5) is 11.6 Å². The van der Waals surface area contributed by atoms with Crippen LogP contribution < -0.4 is 19.5 Å². The van der Waals surface area contributed by atoms with E-state index >= 15 is 0 Å². The van der Waals surface area contributed by atoms with Crippen LogP contribution in [0.25, 0.3) is 22.6 Å². The molecule has 0 unspecified atom stereocenters. The first-order valence-electron chi connectivity index (χ1n) is 10.8. The summed E-state index contributed by atoms with van der Waals surface area (Å²) in [6, 6.07) is 15.0. The lowest BCUT2D eigenvalue weighted by Gasteiger charge is -2.14. The zero-order chi connectivity index (χ0) is 24.4. The van der Waals surface area contributed by atoms with Crippen LogP contribution in [-0.2, 0) is 6.61 Å². The zero-order valence-corrected chi connectivity index (χ0v) is 19.5. The lowest BCUT2D eigenvalue weighted by Crippen LogP contribution is -2.03. The number of anilines is 2. The van der Waals surface area contributed by atoms with Crippen molar-refractivity contribution in [2.75, 3.05) is 26.6 Å². The first-order valence-corrected chi connectivity index (χ1v) is 10.8. The standard InChI is InChI=1S/C25H24N6O4/c1-33-20-11-18(12-21(34-2)23(20)35-3)30-13-22(26-15-30)27-25-19-8-5-9-31(19)29-24(28-25)17-7-4-6-16(10-17)14-32/h4-13,15,32H,14H2,1-3H3,(H,27,28,29). The Hall–Kier alpha value is -4.57. The minimum absolute atomic E-state index is 0.0525. The molecule has 0 saturated heterocycles. The number of nitrogens with one attached hydrogen (secondary N) is 1. The van der Waals surface area contributed by atoms with Crippen molar-refractivity contribution < 1.29 is 19.3 Å². The molecule has 0 saturated carbocycles. The Bertz CT molecular complexity index is 1470. The third-order valence-electron chi connectivity index (χ3n) is 5.54. The molecule has 5 aromatic rings. The number of hydrogen-bond donors (Lipinski definition) is 2. The number of rotatable bonds is 8. The first-order chi connectivity index (χ1) is 17.1. The highest BCUT2D eigenvalue weighted by Gasteiger charge is 2.15. The monoisotopic (exact) mass is 472 g/mol. The van der Waals surface area contributed by atoms with Crippen LogP contribution in [0.3, 0.4) is 0 Å². The van der Waals surface area contributed by atoms with Crippen LogP contribution in [0.5, 0.6) is 17.2 Å². The summed E-state index contributed by atoms with van der Waals surface area (Å²) in [5, 5.41) is 17.4. The molecule has 0 bridgehead atoms. The van der Waals surface area contributed by atoms with E-state index in [0.717, 1.165) is 22.3 Å². The molecule has 0 amide bonds. The van der Waals surface area contributed by atoms with Gasteiger partial charge in [0.2, 0.25) is 5.75 Å². The average Bonchev–Trinajstić information content (AvgIpc) is 3.57. The van der Waals surface area contributed by atoms with Gasteiger partial charge in [-0.3, -0.25) is 0 Å². The molecule has 0 aliphatic carbocycles. The Morgan fingerprint density at radius 2 is 1.77 bits per heavy atom. The van der Waals surface area contributed by atoms with E-state index in [1.807, 2.05) is 65.5 Å². The van der Waals surface area contributed by atoms with E-state index < -0.39 is 0 Å². The lowest BCUT2D eigenvalue weighted by molar-refractivity contribution is 0.282. The number of aliphatic hydroxyl groups is 1. The molecule has 2 N–H and O–H groups in total. The molecule has 178 valence electrons. The van der Waals surface area contributed by atoms with Crippen LogP contribution in [0.1, 0.15) is 5.56 Å². The van der Waals surface area contributed by atoms with Gasteiger partial charge in [-0.15, -0.1) is 5.10 Å². The molecule has 0 radical (unpaired) electrons. The predicted octanol–water partition coefficient (Wildman–Crippen LogP) is 3.84. The van der Waals surface area contributed by atoms with Crippen LogP contribution in [0.2, 0.25) is 0 Å². The molecule has 0 spiro atoms. The molecule has 10 nitrogen and oxygen atoms in total. The summed E-state index contributed by atoms with van der Waals surface area (Å²) < 4.78 is 19.9. The summed E-state index contributed by atoms with van der Waals surface area (Å²) in [5.74, 6) is 3.33. The van der Waals surface area contributed by atoms with E-state index in [-0.39, 0.29) is 6.61 Å². The zero-order valence-electron chi connectivity index (χ0n) is 19.5. The number of fused-ring (bicyclic) bond motifs is 1. The van der Waals surface area contributed by atoms with E-state index in [0.29, 0.717) is 34.7 Å². The quantitative estimate of drug-likeness (QED) is 0.351. The maximum Gasteiger partial charge on any atom is 0.203 e. The normalized spacial score (nSPS) is 11.0. The average molecular weight is 473 g/mol. The third kappa shape index (κ3) is 4.22. The smallest absolute Gasteiger partial charge is 0.203 e. The Kier molecular flexibility index (Phi) is 5.94. The van der Waals surface area contributed by atoms with Gasteiger partial charge in [0.25, 0.3) is 0 Å². The highest BCUT2D eigenvalue weighted by atomic mass is 16.5. The second-order valence-corrected chi connectivity index (χ2v) is 7.66. The Morgan fingerprint density at radius 3 is 2.49 bits per heavy atom. The predicted molar refractivity (Wildman–Crippen MR) is 131 cm³/mol. The van der Waals surface area contributed by atoms with Gasteiger partial charge in [0.05, 0.1) is 39.8 Å². The molecule has 3 aromatic heterocycles. The Morgan fingerprint density at radius 1 is 0.971 bits per heavy atom. The Labute approximate surface area is 201 Å². The van der Waals surface area contributed by atoms with Crippen LogP contribution in [0, 0.1) is 0 Å². The van der Waals surface area contributed by atoms with Crippen LogP contribution in [0.15, 0.2) is 67.3 Å². The van der Waals surface area contributed by atoms with Crippen molar-refractivity contribution in [2.45, 2.75) is 6.61 Å². The number of hydrogen-bond acceptors (Lipinski definition) is 8. The highest BCUT2D eigenvalue weighted by Crippen LogP contribution is 2.39. The number of aromatic nitrogens is 5. The number of methoxy groups -OCH3 is 3. The fraction of sp³-hybridized carbons (Fsp3) is 0.160. The van der Waals surface area contributed by atoms with Crippen molar-refractivity contribution in [3.8, 4) is 34.3 Å². The maximum absolute atomic E-state index is 9.50. The van der Waals surface area contributed by atoms with Crippen LogP contribution in [-0.4, -0.2) is 50.6 Å². The Balaban J connectivity index is 1.50. The summed E-state index contributed by atoms with van der Waals surface area (Å²) >= 11 is 0. The molecule has 0 fully saturated rings. The second kappa shape index (κ2) is 9.35. The van der Waals surface area contributed by atoms with Gasteiger partial charge >= 0.3 is 0 Å². The molecule has 5 rings (SSSR count). The molecule has 3 heterocycles. The van der Waals surface area contributed by atoms with Gasteiger partial charge in [-0.1, -0.05) is 18.2 Å². The summed E-state index contributed by atoms with van der Waals surface area (Å²) in [5.41, 5.74) is 3.18. The van der Waals surface area contributed by atoms with Gasteiger partial charge < -0.3 is 29.2 Å². The van der Waals surface area contributed by atoms with Crippen molar-refractivity contribution in [2.24, 2.45) is 0 Å². The number of imidazole rings is 1. The van der Waals surface area contributed by atoms with E-state index in [1.54, 1.807) is 32.2 Å². The minimum atomic E-state index is -0.0525. The lowest BCUT2D eigenvalue weighted by atomic mass is 10.1. The SMILES string of the molecule is COc1cc(-n2cnc(Nc3nc(-c4cccc(CO)c4)nn4cccc34)c2)cc(OC)c1OC. The van der Waals surface area contributed by atoms with Gasteiger partial charge in [0.15, 0.2) is 23.1 Å². The molecule has 10 heteroatoms. The van der Waals surface area contributed by atoms with Gasteiger partial charge in [0.1, 0.15) is 17.7 Å². The highest BCUT2D eigenvalue weighted by molar-refractivity contribution is 5.74. The molecule has 35 heavy (non-hydrogen) atoms. The molecule has 2 aromatic carbocycles. The van der Waals surface area contributed by atoms with Crippen molar-refractivity contribution in [3.05, 3.63) is 72.8 Å². The number of aliphatic hydroxyl groups excluding tert-OH is 1. The van der Waals surface area contributed by atoms with Crippen molar-refractivity contribution in [3.63, 3.8) is 0 Å². The van der Waals surface area contributed by atoms with Crippen molar-refractivity contribution in [1.29, 1.82) is 0 Å². The van der Waals surface area contributed by atoms with Gasteiger partial charge in [-0.2, -0.15) is 0 Å². The van der Waals surface area contributed by atoms with E-state index in [9.17, 15) is 5.11 Å². The number of benzene rings is 2. The molecular formula is C25H24N6O4.